The summed E-state index contributed by atoms with van der Waals surface area (Å²) in [6, 6.07) is 12.6. The minimum absolute atomic E-state index is 0.355. The van der Waals surface area contributed by atoms with Gasteiger partial charge >= 0.3 is 5.97 Å². The summed E-state index contributed by atoms with van der Waals surface area (Å²) in [5, 5.41) is 1.38. The molecule has 7 heteroatoms. The highest BCUT2D eigenvalue weighted by atomic mass is 31.1. The van der Waals surface area contributed by atoms with Crippen molar-refractivity contribution in [2.75, 3.05) is 44.4 Å². The Kier molecular flexibility index (Phi) is 5.69. The minimum Gasteiger partial charge on any atom is -0.464 e. The zero-order chi connectivity index (χ0) is 19.5. The molecule has 0 saturated carbocycles. The maximum atomic E-state index is 11.7. The van der Waals surface area contributed by atoms with Crippen molar-refractivity contribution in [3.8, 4) is 0 Å². The Morgan fingerprint density at radius 3 is 2.79 bits per heavy atom. The first-order valence-electron chi connectivity index (χ1n) is 9.60. The van der Waals surface area contributed by atoms with E-state index in [-0.39, 0.29) is 0 Å². The van der Waals surface area contributed by atoms with Gasteiger partial charge in [-0.25, -0.2) is 9.78 Å². The average Bonchev–Trinajstić information content (AvgIpc) is 2.78. The number of ether oxygens (including phenoxy) is 1. The number of methoxy groups -OCH3 is 1. The second kappa shape index (κ2) is 8.38. The van der Waals surface area contributed by atoms with Crippen LogP contribution in [0.4, 0.5) is 11.5 Å². The molecule has 1 aromatic heterocycles. The van der Waals surface area contributed by atoms with Crippen molar-refractivity contribution in [1.82, 2.24) is 9.88 Å². The lowest BCUT2D eigenvalue weighted by Crippen LogP contribution is -2.47. The molecule has 2 unspecified atom stereocenters. The first-order valence-corrected chi connectivity index (χ1v) is 10.8. The van der Waals surface area contributed by atoms with Crippen LogP contribution in [-0.4, -0.2) is 61.5 Å². The van der Waals surface area contributed by atoms with E-state index in [0.717, 1.165) is 52.4 Å². The number of esters is 1. The van der Waals surface area contributed by atoms with Gasteiger partial charge in [0.25, 0.3) is 0 Å². The van der Waals surface area contributed by atoms with Gasteiger partial charge in [-0.1, -0.05) is 20.7 Å². The van der Waals surface area contributed by atoms with Crippen LogP contribution >= 0.6 is 8.58 Å². The fraction of sp³-hybridized carbons (Fsp3) is 0.381. The summed E-state index contributed by atoms with van der Waals surface area (Å²) in [5.41, 5.74) is 2.85. The van der Waals surface area contributed by atoms with Crippen LogP contribution in [0.15, 0.2) is 41.4 Å². The fourth-order valence-corrected chi connectivity index (χ4v) is 4.73. The van der Waals surface area contributed by atoms with Crippen LogP contribution in [-0.2, 0) is 4.74 Å². The third-order valence-electron chi connectivity index (χ3n) is 5.43. The third-order valence-corrected chi connectivity index (χ3v) is 6.60. The Bertz CT molecular complexity index is 894. The lowest BCUT2D eigenvalue weighted by Gasteiger charge is -2.39. The summed E-state index contributed by atoms with van der Waals surface area (Å²) in [6.07, 6.45) is 3.08. The number of aromatic nitrogens is 1. The first kappa shape index (κ1) is 19.0. The van der Waals surface area contributed by atoms with Crippen molar-refractivity contribution in [2.45, 2.75) is 13.0 Å². The van der Waals surface area contributed by atoms with E-state index in [9.17, 15) is 4.79 Å². The third kappa shape index (κ3) is 3.94. The number of hydrogen-bond acceptors (Lipinski definition) is 6. The van der Waals surface area contributed by atoms with Gasteiger partial charge in [0.05, 0.1) is 12.8 Å². The molecular weight excluding hydrogens is 371 g/mol. The Balaban J connectivity index is 1.41. The molecule has 0 spiro atoms. The van der Waals surface area contributed by atoms with Crippen LogP contribution in [0.1, 0.15) is 29.0 Å². The summed E-state index contributed by atoms with van der Waals surface area (Å²) < 4.78 is 4.78. The van der Waals surface area contributed by atoms with Crippen molar-refractivity contribution in [3.05, 3.63) is 47.7 Å². The molecule has 2 atom stereocenters. The molecule has 2 aliphatic rings. The molecule has 2 aromatic rings. The molecule has 0 N–H and O–H groups in total. The molecule has 2 aliphatic heterocycles. The van der Waals surface area contributed by atoms with E-state index in [1.807, 2.05) is 18.3 Å². The minimum atomic E-state index is -0.397. The number of pyridine rings is 1. The molecule has 0 radical (unpaired) electrons. The van der Waals surface area contributed by atoms with E-state index in [2.05, 4.69) is 44.9 Å². The molecule has 4 rings (SSSR count). The highest BCUT2D eigenvalue weighted by Crippen LogP contribution is 2.29. The monoisotopic (exact) mass is 396 g/mol. The number of fused-ring (bicyclic) bond motifs is 1. The van der Waals surface area contributed by atoms with Crippen molar-refractivity contribution >= 4 is 37.6 Å². The standard InChI is InChI=1S/C21H25N4O2P/c1-15(16-6-7-17-19(14-16)28-13-8-22-17)24-9-11-25(12-10-24)20-5-3-4-18(23-20)21(26)27-2/h3-8,14-15,28H,9-13H2,1-2H3. The number of rotatable bonds is 4. The molecule has 1 aromatic carbocycles. The van der Waals surface area contributed by atoms with Gasteiger partial charge in [-0.2, -0.15) is 0 Å². The molecule has 0 bridgehead atoms. The predicted molar refractivity (Wildman–Crippen MR) is 115 cm³/mol. The van der Waals surface area contributed by atoms with Crippen LogP contribution in [0.3, 0.4) is 0 Å². The van der Waals surface area contributed by atoms with E-state index in [1.54, 1.807) is 6.07 Å². The normalized spacial score (nSPS) is 18.7. The summed E-state index contributed by atoms with van der Waals surface area (Å²) in [5.74, 6) is 0.439. The van der Waals surface area contributed by atoms with Crippen molar-refractivity contribution in [1.29, 1.82) is 0 Å². The lowest BCUT2D eigenvalue weighted by atomic mass is 10.1. The van der Waals surface area contributed by atoms with Gasteiger partial charge in [-0.15, -0.1) is 0 Å². The zero-order valence-corrected chi connectivity index (χ0v) is 17.3. The lowest BCUT2D eigenvalue weighted by molar-refractivity contribution is 0.0594. The van der Waals surface area contributed by atoms with Gasteiger partial charge in [0.1, 0.15) is 5.82 Å². The second-order valence-corrected chi connectivity index (χ2v) is 8.34. The summed E-state index contributed by atoms with van der Waals surface area (Å²) in [6.45, 7) is 5.98. The topological polar surface area (TPSA) is 58.0 Å². The molecular formula is C21H25N4O2P. The van der Waals surface area contributed by atoms with Crippen LogP contribution < -0.4 is 10.2 Å². The number of anilines is 1. The zero-order valence-electron chi connectivity index (χ0n) is 16.3. The Hall–Kier alpha value is -2.30. The predicted octanol–water partition coefficient (Wildman–Crippen LogP) is 2.77. The molecule has 3 heterocycles. The molecule has 1 fully saturated rings. The molecule has 146 valence electrons. The van der Waals surface area contributed by atoms with Gasteiger partial charge in [-0.05, 0) is 42.1 Å². The number of carbonyl (C=O) groups excluding carboxylic acids is 1. The summed E-state index contributed by atoms with van der Waals surface area (Å²) in [4.78, 5) is 25.4. The van der Waals surface area contributed by atoms with Gasteiger partial charge in [0, 0.05) is 44.6 Å². The number of carbonyl (C=O) groups is 1. The van der Waals surface area contributed by atoms with Crippen molar-refractivity contribution < 1.29 is 9.53 Å². The Labute approximate surface area is 167 Å². The Morgan fingerprint density at radius 1 is 1.18 bits per heavy atom. The van der Waals surface area contributed by atoms with E-state index in [1.165, 1.54) is 18.0 Å². The summed E-state index contributed by atoms with van der Waals surface area (Å²) in [7, 11) is 2.20. The maximum absolute atomic E-state index is 11.7. The second-order valence-electron chi connectivity index (χ2n) is 7.04. The Morgan fingerprint density at radius 2 is 2.00 bits per heavy atom. The quantitative estimate of drug-likeness (QED) is 0.588. The van der Waals surface area contributed by atoms with Gasteiger partial charge < -0.3 is 9.64 Å². The first-order chi connectivity index (χ1) is 13.7. The SMILES string of the molecule is COC(=O)c1cccc(N2CCN(C(C)c3ccc4c(c3)PCC=N4)CC2)n1. The molecule has 0 aliphatic carbocycles. The smallest absolute Gasteiger partial charge is 0.356 e. The van der Waals surface area contributed by atoms with E-state index < -0.39 is 5.97 Å². The maximum Gasteiger partial charge on any atom is 0.356 e. The highest BCUT2D eigenvalue weighted by Gasteiger charge is 2.24. The van der Waals surface area contributed by atoms with Gasteiger partial charge in [0.15, 0.2) is 5.69 Å². The molecule has 0 amide bonds. The average molecular weight is 396 g/mol. The van der Waals surface area contributed by atoms with Crippen LogP contribution in [0.25, 0.3) is 0 Å². The van der Waals surface area contributed by atoms with Crippen LogP contribution in [0.2, 0.25) is 0 Å². The van der Waals surface area contributed by atoms with Crippen LogP contribution in [0.5, 0.6) is 0 Å². The van der Waals surface area contributed by atoms with Crippen molar-refractivity contribution in [3.63, 3.8) is 0 Å². The highest BCUT2D eigenvalue weighted by molar-refractivity contribution is 7.48. The largest absolute Gasteiger partial charge is 0.464 e. The van der Waals surface area contributed by atoms with Crippen LogP contribution in [0, 0.1) is 0 Å². The molecule has 1 saturated heterocycles. The summed E-state index contributed by atoms with van der Waals surface area (Å²) >= 11 is 0. The van der Waals surface area contributed by atoms with E-state index in [0.29, 0.717) is 11.7 Å². The number of benzene rings is 1. The van der Waals surface area contributed by atoms with Gasteiger partial charge in [0.2, 0.25) is 0 Å². The number of nitrogens with zero attached hydrogens (tertiary/aromatic N) is 4. The molecule has 6 nitrogen and oxygen atoms in total. The van der Waals surface area contributed by atoms with Gasteiger partial charge in [-0.3, -0.25) is 9.89 Å². The number of piperazine rings is 1. The number of hydrogen-bond donors (Lipinski definition) is 0. The van der Waals surface area contributed by atoms with E-state index in [4.69, 9.17) is 4.74 Å². The molecule has 28 heavy (non-hydrogen) atoms. The fourth-order valence-electron chi connectivity index (χ4n) is 3.73. The van der Waals surface area contributed by atoms with E-state index >= 15 is 0 Å². The van der Waals surface area contributed by atoms with Crippen molar-refractivity contribution in [2.24, 2.45) is 4.99 Å². The number of aliphatic imine (C=N–C) groups is 1.